The van der Waals surface area contributed by atoms with E-state index >= 15 is 0 Å². The summed E-state index contributed by atoms with van der Waals surface area (Å²) in [6.45, 7) is 0. The van der Waals surface area contributed by atoms with Gasteiger partial charge in [0.1, 0.15) is 0 Å². The van der Waals surface area contributed by atoms with Crippen molar-refractivity contribution in [1.29, 1.82) is 0 Å². The number of sulfonamides is 1. The standard InChI is InChI=1S/C21H20N4O5S2/c1-29-18-8-3-13(9-19(18)30-2)17-11-25-15(12-31-21(25)24-17)10-20(26)23-14-4-6-16(7-5-14)32(22,27)28/h3-9,11-12H,10H2,1-2H3,(H,23,26)(H2,22,27,28). The highest BCUT2D eigenvalue weighted by molar-refractivity contribution is 7.89. The molecule has 9 nitrogen and oxygen atoms in total. The fourth-order valence-corrected chi connectivity index (χ4v) is 4.58. The van der Waals surface area contributed by atoms with E-state index in [0.29, 0.717) is 17.2 Å². The summed E-state index contributed by atoms with van der Waals surface area (Å²) in [5.74, 6) is 0.996. The van der Waals surface area contributed by atoms with Gasteiger partial charge in [-0.2, -0.15) is 0 Å². The molecule has 0 spiro atoms. The van der Waals surface area contributed by atoms with E-state index < -0.39 is 10.0 Å². The topological polar surface area (TPSA) is 125 Å². The van der Waals surface area contributed by atoms with Gasteiger partial charge in [-0.3, -0.25) is 9.20 Å². The van der Waals surface area contributed by atoms with Crippen LogP contribution in [0.2, 0.25) is 0 Å². The number of nitrogens with one attached hydrogen (secondary N) is 1. The summed E-state index contributed by atoms with van der Waals surface area (Å²) in [6.07, 6.45) is 2.00. The van der Waals surface area contributed by atoms with E-state index in [0.717, 1.165) is 21.9 Å². The summed E-state index contributed by atoms with van der Waals surface area (Å²) in [5.41, 5.74) is 2.87. The predicted octanol–water partition coefficient (Wildman–Crippen LogP) is 2.91. The number of rotatable bonds is 7. The molecule has 0 fully saturated rings. The van der Waals surface area contributed by atoms with Crippen LogP contribution in [-0.2, 0) is 21.2 Å². The Labute approximate surface area is 188 Å². The Morgan fingerprint density at radius 2 is 1.84 bits per heavy atom. The van der Waals surface area contributed by atoms with E-state index in [1.165, 1.54) is 35.6 Å². The largest absolute Gasteiger partial charge is 0.493 e. The first kappa shape index (κ1) is 21.8. The summed E-state index contributed by atoms with van der Waals surface area (Å²) in [6, 6.07) is 11.2. The van der Waals surface area contributed by atoms with Gasteiger partial charge in [0.2, 0.25) is 15.9 Å². The van der Waals surface area contributed by atoms with Crippen molar-refractivity contribution in [1.82, 2.24) is 9.38 Å². The number of fused-ring (bicyclic) bond motifs is 1. The molecule has 0 atom stereocenters. The average Bonchev–Trinajstić information content (AvgIpc) is 3.35. The lowest BCUT2D eigenvalue weighted by molar-refractivity contribution is -0.115. The fraction of sp³-hybridized carbons (Fsp3) is 0.143. The Balaban J connectivity index is 1.52. The molecule has 1 amide bonds. The molecule has 11 heteroatoms. The SMILES string of the molecule is COc1ccc(-c2cn3c(CC(=O)Nc4ccc(S(N)(=O)=O)cc4)csc3n2)cc1OC. The number of aromatic nitrogens is 2. The number of thiazole rings is 1. The molecule has 32 heavy (non-hydrogen) atoms. The van der Waals surface area contributed by atoms with Crippen LogP contribution in [0.25, 0.3) is 16.2 Å². The van der Waals surface area contributed by atoms with Crippen LogP contribution < -0.4 is 19.9 Å². The normalized spacial score (nSPS) is 11.5. The number of hydrogen-bond donors (Lipinski definition) is 2. The minimum Gasteiger partial charge on any atom is -0.493 e. The number of anilines is 1. The number of amides is 1. The molecular formula is C21H20N4O5S2. The molecule has 166 valence electrons. The third kappa shape index (κ3) is 4.44. The number of carbonyl (C=O) groups excluding carboxylic acids is 1. The highest BCUT2D eigenvalue weighted by Gasteiger charge is 2.15. The van der Waals surface area contributed by atoms with Crippen molar-refractivity contribution < 1.29 is 22.7 Å². The molecule has 4 rings (SSSR count). The molecule has 0 aliphatic heterocycles. The zero-order valence-electron chi connectivity index (χ0n) is 17.2. The summed E-state index contributed by atoms with van der Waals surface area (Å²) in [5, 5.41) is 9.73. The number of carbonyl (C=O) groups is 1. The summed E-state index contributed by atoms with van der Waals surface area (Å²) < 4.78 is 35.2. The van der Waals surface area contributed by atoms with E-state index in [1.807, 2.05) is 34.2 Å². The molecular weight excluding hydrogens is 452 g/mol. The van der Waals surface area contributed by atoms with Gasteiger partial charge in [-0.25, -0.2) is 18.5 Å². The lowest BCUT2D eigenvalue weighted by Gasteiger charge is -2.08. The maximum atomic E-state index is 12.5. The molecule has 0 aliphatic rings. The summed E-state index contributed by atoms with van der Waals surface area (Å²) in [7, 11) is -0.624. The second-order valence-corrected chi connectivity index (χ2v) is 9.27. The third-order valence-electron chi connectivity index (χ3n) is 4.77. The molecule has 0 bridgehead atoms. The molecule has 4 aromatic rings. The smallest absolute Gasteiger partial charge is 0.238 e. The second kappa shape index (κ2) is 8.61. The van der Waals surface area contributed by atoms with Crippen LogP contribution >= 0.6 is 11.3 Å². The highest BCUT2D eigenvalue weighted by atomic mass is 32.2. The molecule has 0 radical (unpaired) electrons. The van der Waals surface area contributed by atoms with Crippen molar-refractivity contribution in [3.05, 3.63) is 59.7 Å². The first-order valence-electron chi connectivity index (χ1n) is 9.39. The maximum absolute atomic E-state index is 12.5. The summed E-state index contributed by atoms with van der Waals surface area (Å²) >= 11 is 1.44. The minimum absolute atomic E-state index is 0.0175. The number of hydrogen-bond acceptors (Lipinski definition) is 7. The van der Waals surface area contributed by atoms with Crippen molar-refractivity contribution in [2.75, 3.05) is 19.5 Å². The quantitative estimate of drug-likeness (QED) is 0.426. The van der Waals surface area contributed by atoms with Gasteiger partial charge in [0, 0.05) is 28.5 Å². The molecule has 0 unspecified atom stereocenters. The molecule has 0 aliphatic carbocycles. The first-order valence-corrected chi connectivity index (χ1v) is 11.8. The number of methoxy groups -OCH3 is 2. The number of nitrogens with zero attached hydrogens (tertiary/aromatic N) is 2. The van der Waals surface area contributed by atoms with Crippen molar-refractivity contribution in [2.24, 2.45) is 5.14 Å². The Hall–Kier alpha value is -3.41. The number of nitrogens with two attached hydrogens (primary N) is 1. The van der Waals surface area contributed by atoms with Crippen molar-refractivity contribution in [2.45, 2.75) is 11.3 Å². The third-order valence-corrected chi connectivity index (χ3v) is 6.59. The van der Waals surface area contributed by atoms with Crippen LogP contribution in [0.5, 0.6) is 11.5 Å². The molecule has 2 aromatic carbocycles. The van der Waals surface area contributed by atoms with E-state index in [-0.39, 0.29) is 17.2 Å². The number of primary sulfonamides is 1. The molecule has 3 N–H and O–H groups in total. The highest BCUT2D eigenvalue weighted by Crippen LogP contribution is 2.32. The molecule has 0 saturated heterocycles. The van der Waals surface area contributed by atoms with Gasteiger partial charge in [0.25, 0.3) is 0 Å². The van der Waals surface area contributed by atoms with Gasteiger partial charge in [0.15, 0.2) is 16.5 Å². The number of imidazole rings is 1. The minimum atomic E-state index is -3.78. The van der Waals surface area contributed by atoms with Crippen LogP contribution in [-0.4, -0.2) is 37.9 Å². The van der Waals surface area contributed by atoms with Gasteiger partial charge in [-0.15, -0.1) is 11.3 Å². The Bertz CT molecular complexity index is 1390. The molecule has 0 saturated carbocycles. The van der Waals surface area contributed by atoms with E-state index in [2.05, 4.69) is 10.3 Å². The number of ether oxygens (including phenoxy) is 2. The van der Waals surface area contributed by atoms with Gasteiger partial charge in [0.05, 0.1) is 31.2 Å². The lowest BCUT2D eigenvalue weighted by Crippen LogP contribution is -2.16. The van der Waals surface area contributed by atoms with Crippen molar-refractivity contribution in [3.8, 4) is 22.8 Å². The maximum Gasteiger partial charge on any atom is 0.238 e. The van der Waals surface area contributed by atoms with Crippen molar-refractivity contribution in [3.63, 3.8) is 0 Å². The van der Waals surface area contributed by atoms with E-state index in [9.17, 15) is 13.2 Å². The molecule has 2 heterocycles. The van der Waals surface area contributed by atoms with E-state index in [4.69, 9.17) is 14.6 Å². The Morgan fingerprint density at radius 3 is 2.50 bits per heavy atom. The van der Waals surface area contributed by atoms with Gasteiger partial charge in [-0.05, 0) is 42.5 Å². The van der Waals surface area contributed by atoms with Gasteiger partial charge >= 0.3 is 0 Å². The first-order chi connectivity index (χ1) is 15.3. The fourth-order valence-electron chi connectivity index (χ4n) is 3.19. The summed E-state index contributed by atoms with van der Waals surface area (Å²) in [4.78, 5) is 17.9. The second-order valence-electron chi connectivity index (χ2n) is 6.87. The molecule has 2 aromatic heterocycles. The average molecular weight is 473 g/mol. The van der Waals surface area contributed by atoms with Crippen LogP contribution in [0.15, 0.2) is 58.9 Å². The lowest BCUT2D eigenvalue weighted by atomic mass is 10.1. The predicted molar refractivity (Wildman–Crippen MR) is 122 cm³/mol. The van der Waals surface area contributed by atoms with Crippen molar-refractivity contribution >= 4 is 37.9 Å². The number of benzene rings is 2. The van der Waals surface area contributed by atoms with Crippen LogP contribution in [0.1, 0.15) is 5.69 Å². The zero-order chi connectivity index (χ0) is 22.9. The Kier molecular flexibility index (Phi) is 5.87. The Morgan fingerprint density at radius 1 is 1.12 bits per heavy atom. The van der Waals surface area contributed by atoms with Crippen LogP contribution in [0, 0.1) is 0 Å². The van der Waals surface area contributed by atoms with Gasteiger partial charge in [-0.1, -0.05) is 0 Å². The monoisotopic (exact) mass is 472 g/mol. The van der Waals surface area contributed by atoms with Gasteiger partial charge < -0.3 is 14.8 Å². The van der Waals surface area contributed by atoms with E-state index in [1.54, 1.807) is 14.2 Å². The zero-order valence-corrected chi connectivity index (χ0v) is 18.9. The van der Waals surface area contributed by atoms with Crippen LogP contribution in [0.3, 0.4) is 0 Å². The van der Waals surface area contributed by atoms with Crippen LogP contribution in [0.4, 0.5) is 5.69 Å².